The van der Waals surface area contributed by atoms with Crippen LogP contribution in [0.3, 0.4) is 0 Å². The van der Waals surface area contributed by atoms with Gasteiger partial charge in [0.1, 0.15) is 0 Å². The van der Waals surface area contributed by atoms with Crippen molar-refractivity contribution in [3.05, 3.63) is 17.0 Å². The molecule has 23 heavy (non-hydrogen) atoms. The first kappa shape index (κ1) is 15.1. The number of amides is 1. The highest BCUT2D eigenvalue weighted by Gasteiger charge is 2.40. The van der Waals surface area contributed by atoms with E-state index in [2.05, 4.69) is 10.2 Å². The number of likely N-dealkylation sites (tertiary alicyclic amines) is 1. The molecule has 1 spiro atoms. The number of H-pyrrole nitrogens is 1. The molecule has 3 aliphatic rings. The molecule has 0 bridgehead atoms. The molecule has 4 heterocycles. The SMILES string of the molecule is C[C@@H]1Cc2c(C(=O)N3CCC4(CCOC4)CC3)n[nH]c2[C@H](C)O1. The summed E-state index contributed by atoms with van der Waals surface area (Å²) < 4.78 is 11.4. The summed E-state index contributed by atoms with van der Waals surface area (Å²) in [6, 6.07) is 0. The average Bonchev–Trinajstić information content (AvgIpc) is 3.15. The highest BCUT2D eigenvalue weighted by molar-refractivity contribution is 5.94. The van der Waals surface area contributed by atoms with Crippen LogP contribution in [0.15, 0.2) is 0 Å². The van der Waals surface area contributed by atoms with E-state index in [-0.39, 0.29) is 18.1 Å². The summed E-state index contributed by atoms with van der Waals surface area (Å²) in [6.07, 6.45) is 4.08. The standard InChI is InChI=1S/C17H25N3O3/c1-11-9-13-14(12(2)23-11)18-19-15(13)16(21)20-6-3-17(4-7-20)5-8-22-10-17/h11-12H,3-10H2,1-2H3,(H,18,19)/t11-,12+/m1/s1. The molecule has 1 aromatic rings. The van der Waals surface area contributed by atoms with Gasteiger partial charge in [-0.05, 0) is 38.5 Å². The van der Waals surface area contributed by atoms with Gasteiger partial charge in [-0.1, -0.05) is 0 Å². The molecule has 3 aliphatic heterocycles. The number of hydrogen-bond acceptors (Lipinski definition) is 4. The lowest BCUT2D eigenvalue weighted by Crippen LogP contribution is -2.44. The second-order valence-corrected chi connectivity index (χ2v) is 7.35. The van der Waals surface area contributed by atoms with Crippen molar-refractivity contribution in [1.82, 2.24) is 15.1 Å². The van der Waals surface area contributed by atoms with E-state index in [1.807, 2.05) is 18.7 Å². The predicted octanol–water partition coefficient (Wildman–Crippen LogP) is 2.07. The van der Waals surface area contributed by atoms with Gasteiger partial charge in [0.2, 0.25) is 0 Å². The number of nitrogens with zero attached hydrogens (tertiary/aromatic N) is 2. The van der Waals surface area contributed by atoms with Gasteiger partial charge >= 0.3 is 0 Å². The fraction of sp³-hybridized carbons (Fsp3) is 0.765. The van der Waals surface area contributed by atoms with Crippen LogP contribution in [-0.2, 0) is 15.9 Å². The number of fused-ring (bicyclic) bond motifs is 1. The molecule has 4 rings (SSSR count). The second-order valence-electron chi connectivity index (χ2n) is 7.35. The molecule has 2 saturated heterocycles. The number of ether oxygens (including phenoxy) is 2. The Morgan fingerprint density at radius 1 is 1.30 bits per heavy atom. The lowest BCUT2D eigenvalue weighted by molar-refractivity contribution is -0.00705. The van der Waals surface area contributed by atoms with Crippen LogP contribution in [0.1, 0.15) is 61.0 Å². The fourth-order valence-electron chi connectivity index (χ4n) is 4.23. The van der Waals surface area contributed by atoms with E-state index in [1.165, 1.54) is 0 Å². The van der Waals surface area contributed by atoms with Crippen molar-refractivity contribution in [2.45, 2.75) is 51.7 Å². The van der Waals surface area contributed by atoms with Gasteiger partial charge in [0.05, 0.1) is 24.5 Å². The summed E-state index contributed by atoms with van der Waals surface area (Å²) in [7, 11) is 0. The van der Waals surface area contributed by atoms with E-state index in [9.17, 15) is 4.79 Å². The quantitative estimate of drug-likeness (QED) is 0.860. The number of aromatic amines is 1. The van der Waals surface area contributed by atoms with E-state index in [0.29, 0.717) is 11.1 Å². The number of aromatic nitrogens is 2. The smallest absolute Gasteiger partial charge is 0.274 e. The maximum atomic E-state index is 12.9. The van der Waals surface area contributed by atoms with E-state index in [1.54, 1.807) is 0 Å². The van der Waals surface area contributed by atoms with Crippen LogP contribution in [0.25, 0.3) is 0 Å². The van der Waals surface area contributed by atoms with Gasteiger partial charge in [-0.15, -0.1) is 0 Å². The van der Waals surface area contributed by atoms with Crippen LogP contribution in [0.2, 0.25) is 0 Å². The Bertz CT molecular complexity index is 596. The molecule has 0 aromatic carbocycles. The van der Waals surface area contributed by atoms with Crippen LogP contribution >= 0.6 is 0 Å². The molecule has 1 amide bonds. The van der Waals surface area contributed by atoms with Gasteiger partial charge in [0.25, 0.3) is 5.91 Å². The van der Waals surface area contributed by atoms with Crippen LogP contribution in [0.4, 0.5) is 0 Å². The lowest BCUT2D eigenvalue weighted by atomic mass is 9.78. The first-order chi connectivity index (χ1) is 11.1. The lowest BCUT2D eigenvalue weighted by Gasteiger charge is -2.38. The maximum Gasteiger partial charge on any atom is 0.274 e. The summed E-state index contributed by atoms with van der Waals surface area (Å²) in [5.41, 5.74) is 2.93. The minimum atomic E-state index is -0.0249. The second kappa shape index (κ2) is 5.60. The molecular formula is C17H25N3O3. The summed E-state index contributed by atoms with van der Waals surface area (Å²) >= 11 is 0. The molecule has 0 radical (unpaired) electrons. The summed E-state index contributed by atoms with van der Waals surface area (Å²) in [6.45, 7) is 7.41. The maximum absolute atomic E-state index is 12.9. The third-order valence-corrected chi connectivity index (χ3v) is 5.73. The van der Waals surface area contributed by atoms with Crippen molar-refractivity contribution in [1.29, 1.82) is 0 Å². The van der Waals surface area contributed by atoms with Gasteiger partial charge in [0, 0.05) is 31.7 Å². The Hall–Kier alpha value is -1.40. The predicted molar refractivity (Wildman–Crippen MR) is 84.3 cm³/mol. The summed E-state index contributed by atoms with van der Waals surface area (Å²) in [4.78, 5) is 14.9. The number of hydrogen-bond donors (Lipinski definition) is 1. The van der Waals surface area contributed by atoms with E-state index in [4.69, 9.17) is 9.47 Å². The Balaban J connectivity index is 1.50. The van der Waals surface area contributed by atoms with Gasteiger partial charge < -0.3 is 14.4 Å². The molecular weight excluding hydrogens is 294 g/mol. The monoisotopic (exact) mass is 319 g/mol. The van der Waals surface area contributed by atoms with Gasteiger partial charge in [-0.25, -0.2) is 0 Å². The third kappa shape index (κ3) is 2.58. The Morgan fingerprint density at radius 3 is 2.78 bits per heavy atom. The van der Waals surface area contributed by atoms with Gasteiger partial charge in [-0.3, -0.25) is 9.89 Å². The highest BCUT2D eigenvalue weighted by Crippen LogP contribution is 2.39. The molecule has 0 unspecified atom stereocenters. The fourth-order valence-corrected chi connectivity index (χ4v) is 4.23. The van der Waals surface area contributed by atoms with Crippen molar-refractivity contribution in [2.75, 3.05) is 26.3 Å². The van der Waals surface area contributed by atoms with E-state index < -0.39 is 0 Å². The zero-order valence-corrected chi connectivity index (χ0v) is 13.9. The number of nitrogens with one attached hydrogen (secondary N) is 1. The molecule has 0 aliphatic carbocycles. The van der Waals surface area contributed by atoms with Crippen molar-refractivity contribution >= 4 is 5.91 Å². The van der Waals surface area contributed by atoms with Gasteiger partial charge in [-0.2, -0.15) is 5.10 Å². The third-order valence-electron chi connectivity index (χ3n) is 5.73. The Labute approximate surface area is 136 Å². The van der Waals surface area contributed by atoms with Crippen LogP contribution in [-0.4, -0.2) is 53.4 Å². The number of carbonyl (C=O) groups is 1. The molecule has 126 valence electrons. The first-order valence-corrected chi connectivity index (χ1v) is 8.68. The first-order valence-electron chi connectivity index (χ1n) is 8.68. The number of rotatable bonds is 1. The van der Waals surface area contributed by atoms with Crippen molar-refractivity contribution in [3.8, 4) is 0 Å². The zero-order valence-electron chi connectivity index (χ0n) is 13.9. The van der Waals surface area contributed by atoms with E-state index >= 15 is 0 Å². The van der Waals surface area contributed by atoms with Crippen molar-refractivity contribution in [2.24, 2.45) is 5.41 Å². The minimum Gasteiger partial charge on any atom is -0.381 e. The Morgan fingerprint density at radius 2 is 2.09 bits per heavy atom. The molecule has 1 aromatic heterocycles. The number of carbonyl (C=O) groups excluding carboxylic acids is 1. The zero-order chi connectivity index (χ0) is 16.0. The largest absolute Gasteiger partial charge is 0.381 e. The van der Waals surface area contributed by atoms with Crippen molar-refractivity contribution in [3.63, 3.8) is 0 Å². The highest BCUT2D eigenvalue weighted by atomic mass is 16.5. The Kier molecular flexibility index (Phi) is 3.69. The minimum absolute atomic E-state index is 0.0249. The molecule has 2 atom stereocenters. The van der Waals surface area contributed by atoms with Crippen LogP contribution in [0, 0.1) is 5.41 Å². The molecule has 6 nitrogen and oxygen atoms in total. The van der Waals surface area contributed by atoms with Gasteiger partial charge in [0.15, 0.2) is 5.69 Å². The molecule has 2 fully saturated rings. The molecule has 1 N–H and O–H groups in total. The summed E-state index contributed by atoms with van der Waals surface area (Å²) in [5, 5.41) is 7.35. The molecule has 0 saturated carbocycles. The average molecular weight is 319 g/mol. The number of piperidine rings is 1. The normalized spacial score (nSPS) is 29.7. The van der Waals surface area contributed by atoms with E-state index in [0.717, 1.165) is 63.2 Å². The molecule has 6 heteroatoms. The topological polar surface area (TPSA) is 67.5 Å². The summed E-state index contributed by atoms with van der Waals surface area (Å²) in [5.74, 6) is 0.0672. The van der Waals surface area contributed by atoms with Crippen LogP contribution < -0.4 is 0 Å². The van der Waals surface area contributed by atoms with Crippen molar-refractivity contribution < 1.29 is 14.3 Å². The van der Waals surface area contributed by atoms with Crippen LogP contribution in [0.5, 0.6) is 0 Å².